The van der Waals surface area contributed by atoms with Crippen molar-refractivity contribution < 1.29 is 24.2 Å². The molecule has 35 heavy (non-hydrogen) atoms. The van der Waals surface area contributed by atoms with Crippen LogP contribution in [-0.2, 0) is 25.7 Å². The van der Waals surface area contributed by atoms with Crippen LogP contribution in [0.5, 0.6) is 0 Å². The normalized spacial score (nSPS) is 31.9. The lowest BCUT2D eigenvalue weighted by atomic mass is 9.70. The molecule has 0 aliphatic carbocycles. The molecule has 0 aromatic heterocycles. The van der Waals surface area contributed by atoms with Gasteiger partial charge in [0.15, 0.2) is 0 Å². The molecule has 0 saturated carbocycles. The molecule has 3 amide bonds. The number of carbonyl (C=O) groups is 3. The van der Waals surface area contributed by atoms with Crippen LogP contribution < -0.4 is 10.6 Å². The smallest absolute Gasteiger partial charge is 0.245 e. The molecule has 3 aliphatic rings. The molecule has 1 spiro atoms. The van der Waals surface area contributed by atoms with Gasteiger partial charge in [-0.1, -0.05) is 73.0 Å². The Kier molecular flexibility index (Phi) is 8.18. The van der Waals surface area contributed by atoms with E-state index in [9.17, 15) is 19.5 Å². The largest absolute Gasteiger partial charge is 0.394 e. The number of nitrogens with zero attached hydrogens (tertiary/aromatic N) is 1. The second-order valence-corrected chi connectivity index (χ2v) is 11.0. The maximum absolute atomic E-state index is 13.9. The number of unbranched alkanes of at least 4 members (excludes halogenated alkanes) is 2. The molecular formula is C26H36BrN3O5. The highest BCUT2D eigenvalue weighted by Crippen LogP contribution is 2.60. The van der Waals surface area contributed by atoms with Gasteiger partial charge in [-0.3, -0.25) is 14.4 Å². The van der Waals surface area contributed by atoms with Crippen LogP contribution in [0.1, 0.15) is 51.5 Å². The molecule has 3 N–H and O–H groups in total. The highest BCUT2D eigenvalue weighted by molar-refractivity contribution is 9.09. The van der Waals surface area contributed by atoms with Crippen molar-refractivity contribution in [1.29, 1.82) is 0 Å². The molecule has 3 saturated heterocycles. The molecule has 3 aliphatic heterocycles. The fourth-order valence-electron chi connectivity index (χ4n) is 6.06. The zero-order valence-corrected chi connectivity index (χ0v) is 22.0. The summed E-state index contributed by atoms with van der Waals surface area (Å²) >= 11 is 3.68. The number of benzene rings is 1. The summed E-state index contributed by atoms with van der Waals surface area (Å²) in [5.41, 5.74) is -0.132. The average Bonchev–Trinajstić information content (AvgIpc) is 3.45. The number of alkyl halides is 1. The fourth-order valence-corrected chi connectivity index (χ4v) is 7.00. The molecule has 7 atom stereocenters. The van der Waals surface area contributed by atoms with E-state index >= 15 is 0 Å². The molecule has 4 rings (SSSR count). The maximum Gasteiger partial charge on any atom is 0.245 e. The van der Waals surface area contributed by atoms with Gasteiger partial charge >= 0.3 is 0 Å². The van der Waals surface area contributed by atoms with Crippen LogP contribution in [0, 0.1) is 11.8 Å². The quantitative estimate of drug-likeness (QED) is 0.289. The number of fused-ring (bicyclic) bond motifs is 1. The minimum Gasteiger partial charge on any atom is -0.394 e. The number of nitrogens with one attached hydrogen (secondary N) is 2. The van der Waals surface area contributed by atoms with E-state index in [0.29, 0.717) is 25.9 Å². The third-order valence-electron chi connectivity index (χ3n) is 7.74. The number of rotatable bonds is 11. The van der Waals surface area contributed by atoms with E-state index in [1.54, 1.807) is 0 Å². The van der Waals surface area contributed by atoms with Crippen molar-refractivity contribution in [2.24, 2.45) is 11.8 Å². The summed E-state index contributed by atoms with van der Waals surface area (Å²) in [4.78, 5) is 42.2. The molecule has 0 radical (unpaired) electrons. The predicted octanol–water partition coefficient (Wildman–Crippen LogP) is 2.13. The Morgan fingerprint density at radius 2 is 1.94 bits per heavy atom. The fraction of sp³-hybridized carbons (Fsp3) is 0.654. The number of hydrogen-bond donors (Lipinski definition) is 3. The number of amides is 3. The summed E-state index contributed by atoms with van der Waals surface area (Å²) in [6.45, 7) is 4.59. The highest BCUT2D eigenvalue weighted by Gasteiger charge is 2.76. The van der Waals surface area contributed by atoms with Crippen LogP contribution in [0.15, 0.2) is 30.3 Å². The second-order valence-electron chi connectivity index (χ2n) is 9.86. The second kappa shape index (κ2) is 11.0. The molecule has 9 heteroatoms. The molecule has 3 unspecified atom stereocenters. The van der Waals surface area contributed by atoms with E-state index in [2.05, 4.69) is 33.5 Å². The van der Waals surface area contributed by atoms with Crippen molar-refractivity contribution in [3.63, 3.8) is 0 Å². The van der Waals surface area contributed by atoms with Crippen molar-refractivity contribution in [2.75, 3.05) is 13.2 Å². The van der Waals surface area contributed by atoms with E-state index < -0.39 is 35.6 Å². The van der Waals surface area contributed by atoms with Gasteiger partial charge in [0.1, 0.15) is 11.6 Å². The van der Waals surface area contributed by atoms with Crippen molar-refractivity contribution in [2.45, 2.75) is 81.1 Å². The van der Waals surface area contributed by atoms with Gasteiger partial charge < -0.3 is 25.4 Å². The molecule has 3 fully saturated rings. The third kappa shape index (κ3) is 4.62. The minimum atomic E-state index is -1.10. The topological polar surface area (TPSA) is 108 Å². The van der Waals surface area contributed by atoms with Crippen LogP contribution >= 0.6 is 15.9 Å². The van der Waals surface area contributed by atoms with Crippen molar-refractivity contribution in [3.05, 3.63) is 35.9 Å². The third-order valence-corrected chi connectivity index (χ3v) is 8.59. The number of aliphatic hydroxyl groups is 1. The van der Waals surface area contributed by atoms with Gasteiger partial charge in [0.25, 0.3) is 0 Å². The lowest BCUT2D eigenvalue weighted by molar-refractivity contribution is -0.145. The highest BCUT2D eigenvalue weighted by atomic mass is 79.9. The van der Waals surface area contributed by atoms with Crippen LogP contribution in [0.3, 0.4) is 0 Å². The number of aliphatic hydroxyl groups excluding tert-OH is 1. The predicted molar refractivity (Wildman–Crippen MR) is 135 cm³/mol. The van der Waals surface area contributed by atoms with Gasteiger partial charge in [-0.15, -0.1) is 0 Å². The van der Waals surface area contributed by atoms with E-state index in [1.807, 2.05) is 37.3 Å². The Morgan fingerprint density at radius 3 is 2.60 bits per heavy atom. The van der Waals surface area contributed by atoms with Gasteiger partial charge in [-0.25, -0.2) is 0 Å². The number of likely N-dealkylation sites (tertiary alicyclic amines) is 1. The molecular weight excluding hydrogens is 514 g/mol. The Hall–Kier alpha value is -1.97. The Balaban J connectivity index is 1.62. The van der Waals surface area contributed by atoms with Gasteiger partial charge in [0.05, 0.1) is 30.6 Å². The first-order chi connectivity index (χ1) is 16.9. The Bertz CT molecular complexity index is 927. The zero-order chi connectivity index (χ0) is 25.2. The monoisotopic (exact) mass is 549 g/mol. The van der Waals surface area contributed by atoms with Gasteiger partial charge in [-0.05, 0) is 24.8 Å². The molecule has 3 heterocycles. The maximum atomic E-state index is 13.9. The van der Waals surface area contributed by atoms with Crippen LogP contribution in [0.25, 0.3) is 0 Å². The van der Waals surface area contributed by atoms with Gasteiger partial charge in [-0.2, -0.15) is 0 Å². The summed E-state index contributed by atoms with van der Waals surface area (Å²) in [6.07, 6.45) is 3.35. The molecule has 1 aromatic rings. The summed E-state index contributed by atoms with van der Waals surface area (Å²) in [5, 5.41) is 16.0. The Labute approximate surface area is 215 Å². The van der Waals surface area contributed by atoms with E-state index in [1.165, 1.54) is 4.90 Å². The van der Waals surface area contributed by atoms with Gasteiger partial charge in [0, 0.05) is 17.9 Å². The summed E-state index contributed by atoms with van der Waals surface area (Å²) < 4.78 is 6.47. The number of halogens is 1. The average molecular weight is 550 g/mol. The number of ether oxygens (including phenoxy) is 1. The first-order valence-electron chi connectivity index (χ1n) is 12.7. The lowest BCUT2D eigenvalue weighted by Crippen LogP contribution is -2.58. The number of hydrogen-bond acceptors (Lipinski definition) is 5. The van der Waals surface area contributed by atoms with E-state index in [4.69, 9.17) is 4.74 Å². The minimum absolute atomic E-state index is 0.149. The summed E-state index contributed by atoms with van der Waals surface area (Å²) in [7, 11) is 0. The van der Waals surface area contributed by atoms with Crippen LogP contribution in [-0.4, -0.2) is 69.5 Å². The molecule has 2 bridgehead atoms. The molecule has 192 valence electrons. The van der Waals surface area contributed by atoms with Crippen molar-refractivity contribution in [1.82, 2.24) is 15.5 Å². The molecule has 8 nitrogen and oxygen atoms in total. The first-order valence-corrected chi connectivity index (χ1v) is 13.6. The molecule has 1 aromatic carbocycles. The van der Waals surface area contributed by atoms with Crippen molar-refractivity contribution in [3.8, 4) is 0 Å². The standard InChI is InChI=1S/C26H36BrN3O5/c1-3-5-9-12-28-24(33)22-26-13-18(27)21(35-26)19(20(26)25(34)30(22)17(4-2)15-31)23(32)29-14-16-10-7-6-8-11-16/h6-8,10-11,17-22,31H,3-5,9,12-15H2,1-2H3,(H,28,33)(H,29,32)/t17-,18?,19+,20-,21+,22?,26?/m0/s1. The summed E-state index contributed by atoms with van der Waals surface area (Å²) in [5.74, 6) is -2.26. The lowest BCUT2D eigenvalue weighted by Gasteiger charge is -2.36. The zero-order valence-electron chi connectivity index (χ0n) is 20.4. The summed E-state index contributed by atoms with van der Waals surface area (Å²) in [6, 6.07) is 8.20. The van der Waals surface area contributed by atoms with Crippen LogP contribution in [0.2, 0.25) is 0 Å². The van der Waals surface area contributed by atoms with E-state index in [0.717, 1.165) is 24.8 Å². The number of carbonyl (C=O) groups excluding carboxylic acids is 3. The van der Waals surface area contributed by atoms with Crippen molar-refractivity contribution >= 4 is 33.7 Å². The van der Waals surface area contributed by atoms with Gasteiger partial charge in [0.2, 0.25) is 17.7 Å². The first kappa shape index (κ1) is 26.1. The van der Waals surface area contributed by atoms with Crippen LogP contribution in [0.4, 0.5) is 0 Å². The Morgan fingerprint density at radius 1 is 1.20 bits per heavy atom. The van der Waals surface area contributed by atoms with E-state index in [-0.39, 0.29) is 29.2 Å². The SMILES string of the molecule is CCCCCNC(=O)C1N([C@@H](CC)CO)C(=O)[C@@H]2[C@@H](C(=O)NCc3ccccc3)[C@@H]3OC12CC3Br.